The first kappa shape index (κ1) is 21.7. The normalized spacial score (nSPS) is 18.2. The third-order valence-corrected chi connectivity index (χ3v) is 7.03. The number of amides is 2. The molecule has 4 rings (SSSR count). The van der Waals surface area contributed by atoms with E-state index in [-0.39, 0.29) is 17.9 Å². The Morgan fingerprint density at radius 1 is 0.935 bits per heavy atom. The van der Waals surface area contributed by atoms with Crippen LogP contribution in [0.5, 0.6) is 0 Å². The van der Waals surface area contributed by atoms with Crippen LogP contribution in [0.15, 0.2) is 30.3 Å². The Morgan fingerprint density at radius 2 is 1.65 bits per heavy atom. The summed E-state index contributed by atoms with van der Waals surface area (Å²) in [6.07, 6.45) is 7.40. The van der Waals surface area contributed by atoms with Gasteiger partial charge in [-0.25, -0.2) is 0 Å². The van der Waals surface area contributed by atoms with Gasteiger partial charge in [-0.3, -0.25) is 9.59 Å². The van der Waals surface area contributed by atoms with Crippen molar-refractivity contribution in [3.63, 3.8) is 0 Å². The molecule has 166 valence electrons. The molecule has 1 saturated heterocycles. The molecule has 2 aliphatic rings. The summed E-state index contributed by atoms with van der Waals surface area (Å²) < 4.78 is 2.15. The SMILES string of the molecule is Cc1cccc(-n2c(C)cc(C(=O)NC3CCN(C(=O)C4CCCCC4)CC3)c2C)c1. The molecule has 31 heavy (non-hydrogen) atoms. The molecular formula is C26H35N3O2. The van der Waals surface area contributed by atoms with Crippen molar-refractivity contribution in [2.45, 2.75) is 71.8 Å². The first-order valence-electron chi connectivity index (χ1n) is 11.8. The Morgan fingerprint density at radius 3 is 2.32 bits per heavy atom. The van der Waals surface area contributed by atoms with Crippen molar-refractivity contribution in [3.8, 4) is 5.69 Å². The molecule has 0 spiro atoms. The molecule has 1 saturated carbocycles. The summed E-state index contributed by atoms with van der Waals surface area (Å²) >= 11 is 0. The Bertz CT molecular complexity index is 948. The maximum Gasteiger partial charge on any atom is 0.253 e. The monoisotopic (exact) mass is 421 g/mol. The van der Waals surface area contributed by atoms with Crippen LogP contribution in [0.2, 0.25) is 0 Å². The van der Waals surface area contributed by atoms with E-state index in [1.807, 2.05) is 30.9 Å². The highest BCUT2D eigenvalue weighted by atomic mass is 16.2. The lowest BCUT2D eigenvalue weighted by atomic mass is 9.87. The quantitative estimate of drug-likeness (QED) is 0.778. The van der Waals surface area contributed by atoms with Gasteiger partial charge in [0.05, 0.1) is 5.56 Å². The number of likely N-dealkylation sites (tertiary alicyclic amines) is 1. The van der Waals surface area contributed by atoms with Crippen LogP contribution in [0.1, 0.15) is 72.3 Å². The first-order chi connectivity index (χ1) is 14.9. The topological polar surface area (TPSA) is 54.3 Å². The Labute approximate surface area is 185 Å². The summed E-state index contributed by atoms with van der Waals surface area (Å²) in [7, 11) is 0. The van der Waals surface area contributed by atoms with Crippen molar-refractivity contribution in [1.29, 1.82) is 0 Å². The lowest BCUT2D eigenvalue weighted by Gasteiger charge is -2.35. The average molecular weight is 422 g/mol. The molecule has 1 aromatic heterocycles. The number of aromatic nitrogens is 1. The molecule has 2 amide bonds. The van der Waals surface area contributed by atoms with Gasteiger partial charge in [-0.1, -0.05) is 31.4 Å². The summed E-state index contributed by atoms with van der Waals surface area (Å²) in [5.74, 6) is 0.558. The standard InChI is InChI=1S/C26H35N3O2/c1-18-8-7-11-23(16-18)29-19(2)17-24(20(29)3)25(30)27-22-12-14-28(15-13-22)26(31)21-9-5-4-6-10-21/h7-8,11,16-17,21-22H,4-6,9-10,12-15H2,1-3H3,(H,27,30). The average Bonchev–Trinajstić information content (AvgIpc) is 3.08. The molecule has 1 aromatic carbocycles. The number of benzene rings is 1. The Kier molecular flexibility index (Phi) is 6.49. The van der Waals surface area contributed by atoms with E-state index in [2.05, 4.69) is 35.0 Å². The fourth-order valence-electron chi connectivity index (χ4n) is 5.27. The van der Waals surface area contributed by atoms with Crippen molar-refractivity contribution in [2.24, 2.45) is 5.92 Å². The summed E-state index contributed by atoms with van der Waals surface area (Å²) in [5.41, 5.74) is 5.04. The highest BCUT2D eigenvalue weighted by Crippen LogP contribution is 2.27. The Balaban J connectivity index is 1.37. The van der Waals surface area contributed by atoms with Gasteiger partial charge < -0.3 is 14.8 Å². The molecule has 1 aliphatic heterocycles. The number of hydrogen-bond donors (Lipinski definition) is 1. The third kappa shape index (κ3) is 4.70. The maximum atomic E-state index is 13.1. The minimum Gasteiger partial charge on any atom is -0.349 e. The molecule has 0 radical (unpaired) electrons. The van der Waals surface area contributed by atoms with E-state index < -0.39 is 0 Å². The van der Waals surface area contributed by atoms with Crippen molar-refractivity contribution in [1.82, 2.24) is 14.8 Å². The molecule has 0 unspecified atom stereocenters. The molecule has 1 aliphatic carbocycles. The van der Waals surface area contributed by atoms with Gasteiger partial charge in [-0.2, -0.15) is 0 Å². The fourth-order valence-corrected chi connectivity index (χ4v) is 5.27. The molecule has 2 aromatic rings. The van der Waals surface area contributed by atoms with Crippen molar-refractivity contribution in [3.05, 3.63) is 52.8 Å². The van der Waals surface area contributed by atoms with Crippen LogP contribution < -0.4 is 5.32 Å². The highest BCUT2D eigenvalue weighted by Gasteiger charge is 2.30. The van der Waals surface area contributed by atoms with Gasteiger partial charge in [0.15, 0.2) is 0 Å². The van der Waals surface area contributed by atoms with Crippen LogP contribution in [0.3, 0.4) is 0 Å². The summed E-state index contributed by atoms with van der Waals surface area (Å²) in [4.78, 5) is 27.9. The largest absolute Gasteiger partial charge is 0.349 e. The van der Waals surface area contributed by atoms with Gasteiger partial charge >= 0.3 is 0 Å². The van der Waals surface area contributed by atoms with Crippen LogP contribution in [-0.4, -0.2) is 40.4 Å². The Hall–Kier alpha value is -2.56. The van der Waals surface area contributed by atoms with Crippen LogP contribution in [-0.2, 0) is 4.79 Å². The third-order valence-electron chi connectivity index (χ3n) is 7.03. The molecule has 0 bridgehead atoms. The fraction of sp³-hybridized carbons (Fsp3) is 0.538. The zero-order valence-electron chi connectivity index (χ0n) is 19.1. The number of carbonyl (C=O) groups is 2. The number of hydrogen-bond acceptors (Lipinski definition) is 2. The summed E-state index contributed by atoms with van der Waals surface area (Å²) in [6, 6.07) is 10.5. The van der Waals surface area contributed by atoms with Gasteiger partial charge in [0.25, 0.3) is 5.91 Å². The van der Waals surface area contributed by atoms with Gasteiger partial charge in [0.1, 0.15) is 0 Å². The number of aryl methyl sites for hydroxylation is 2. The molecule has 0 atom stereocenters. The lowest BCUT2D eigenvalue weighted by Crippen LogP contribution is -2.48. The zero-order chi connectivity index (χ0) is 22.0. The second-order valence-electron chi connectivity index (χ2n) is 9.37. The van der Waals surface area contributed by atoms with Gasteiger partial charge in [-0.05, 0) is 70.2 Å². The minimum absolute atomic E-state index is 0.0101. The summed E-state index contributed by atoms with van der Waals surface area (Å²) in [5, 5.41) is 3.23. The number of nitrogens with zero attached hydrogens (tertiary/aromatic N) is 2. The van der Waals surface area contributed by atoms with Crippen molar-refractivity contribution >= 4 is 11.8 Å². The minimum atomic E-state index is -0.0101. The van der Waals surface area contributed by atoms with E-state index >= 15 is 0 Å². The smallest absolute Gasteiger partial charge is 0.253 e. The van der Waals surface area contributed by atoms with Crippen molar-refractivity contribution < 1.29 is 9.59 Å². The summed E-state index contributed by atoms with van der Waals surface area (Å²) in [6.45, 7) is 7.64. The van der Waals surface area contributed by atoms with E-state index in [1.165, 1.54) is 24.8 Å². The van der Waals surface area contributed by atoms with Crippen molar-refractivity contribution in [2.75, 3.05) is 13.1 Å². The lowest BCUT2D eigenvalue weighted by molar-refractivity contribution is -0.137. The van der Waals surface area contributed by atoms with Gasteiger partial charge in [0, 0.05) is 42.1 Å². The van der Waals surface area contributed by atoms with Crippen LogP contribution >= 0.6 is 0 Å². The second kappa shape index (κ2) is 9.29. The predicted octanol–water partition coefficient (Wildman–Crippen LogP) is 4.70. The maximum absolute atomic E-state index is 13.1. The number of piperidine rings is 1. The van der Waals surface area contributed by atoms with E-state index in [9.17, 15) is 9.59 Å². The number of carbonyl (C=O) groups excluding carboxylic acids is 2. The highest BCUT2D eigenvalue weighted by molar-refractivity contribution is 5.96. The number of rotatable bonds is 4. The van der Waals surface area contributed by atoms with Gasteiger partial charge in [-0.15, -0.1) is 0 Å². The molecular weight excluding hydrogens is 386 g/mol. The van der Waals surface area contributed by atoms with E-state index in [0.29, 0.717) is 5.91 Å². The molecule has 2 fully saturated rings. The van der Waals surface area contributed by atoms with Crippen LogP contribution in [0.4, 0.5) is 0 Å². The van der Waals surface area contributed by atoms with Crippen LogP contribution in [0, 0.1) is 26.7 Å². The van der Waals surface area contributed by atoms with E-state index in [0.717, 1.165) is 61.4 Å². The number of nitrogens with one attached hydrogen (secondary N) is 1. The molecule has 5 nitrogen and oxygen atoms in total. The second-order valence-corrected chi connectivity index (χ2v) is 9.37. The molecule has 5 heteroatoms. The van der Waals surface area contributed by atoms with Gasteiger partial charge in [0.2, 0.25) is 5.91 Å². The van der Waals surface area contributed by atoms with Crippen LogP contribution in [0.25, 0.3) is 5.69 Å². The zero-order valence-corrected chi connectivity index (χ0v) is 19.1. The first-order valence-corrected chi connectivity index (χ1v) is 11.8. The van der Waals surface area contributed by atoms with E-state index in [4.69, 9.17) is 0 Å². The molecule has 2 heterocycles. The van der Waals surface area contributed by atoms with E-state index in [1.54, 1.807) is 0 Å². The molecule has 1 N–H and O–H groups in total. The predicted molar refractivity (Wildman–Crippen MR) is 124 cm³/mol.